The fraction of sp³-hybridized carbons (Fsp3) is 0.294. The van der Waals surface area contributed by atoms with E-state index in [1.54, 1.807) is 47.0 Å². The molecule has 2 heterocycles. The van der Waals surface area contributed by atoms with E-state index in [2.05, 4.69) is 4.90 Å². The predicted molar refractivity (Wildman–Crippen MR) is 84.9 cm³/mol. The van der Waals surface area contributed by atoms with Gasteiger partial charge in [-0.15, -0.1) is 0 Å². The first-order valence-electron chi connectivity index (χ1n) is 7.52. The van der Waals surface area contributed by atoms with Crippen molar-refractivity contribution in [2.24, 2.45) is 7.05 Å². The first-order valence-corrected chi connectivity index (χ1v) is 7.52. The lowest BCUT2D eigenvalue weighted by molar-refractivity contribution is -0.126. The highest BCUT2D eigenvalue weighted by atomic mass is 19.1. The second-order valence-electron chi connectivity index (χ2n) is 5.59. The molecule has 1 aliphatic heterocycles. The van der Waals surface area contributed by atoms with Crippen molar-refractivity contribution in [1.29, 1.82) is 0 Å². The van der Waals surface area contributed by atoms with Crippen LogP contribution < -0.4 is 4.90 Å². The Bertz CT molecular complexity index is 716. The number of carbonyl (C=O) groups is 2. The lowest BCUT2D eigenvalue weighted by atomic mass is 10.2. The molecule has 0 spiro atoms. The van der Waals surface area contributed by atoms with E-state index in [1.807, 2.05) is 0 Å². The molecule has 1 saturated heterocycles. The van der Waals surface area contributed by atoms with Crippen LogP contribution in [0.5, 0.6) is 0 Å². The Kier molecular flexibility index (Phi) is 4.14. The Morgan fingerprint density at radius 3 is 2.22 bits per heavy atom. The van der Waals surface area contributed by atoms with Crippen molar-refractivity contribution in [2.45, 2.75) is 0 Å². The third-order valence-electron chi connectivity index (χ3n) is 4.13. The zero-order valence-electron chi connectivity index (χ0n) is 12.9. The average molecular weight is 315 g/mol. The first-order chi connectivity index (χ1) is 11.1. The van der Waals surface area contributed by atoms with Crippen molar-refractivity contribution in [3.63, 3.8) is 0 Å². The van der Waals surface area contributed by atoms with Gasteiger partial charge in [-0.2, -0.15) is 0 Å². The first kappa shape index (κ1) is 15.3. The molecule has 5 nitrogen and oxygen atoms in total. The molecule has 6 heteroatoms. The van der Waals surface area contributed by atoms with Gasteiger partial charge in [-0.05, 0) is 36.4 Å². The SMILES string of the molecule is Cn1cccc1C(=O)C(=O)N1CCN(c2ccc(F)cc2)CC1. The number of aryl methyl sites for hydroxylation is 1. The summed E-state index contributed by atoms with van der Waals surface area (Å²) in [6.45, 7) is 2.20. The predicted octanol–water partition coefficient (Wildman–Crippen LogP) is 1.70. The van der Waals surface area contributed by atoms with E-state index in [0.717, 1.165) is 5.69 Å². The van der Waals surface area contributed by atoms with Crippen molar-refractivity contribution in [2.75, 3.05) is 31.1 Å². The topological polar surface area (TPSA) is 45.6 Å². The molecule has 0 bridgehead atoms. The molecule has 1 fully saturated rings. The fourth-order valence-corrected chi connectivity index (χ4v) is 2.77. The zero-order valence-corrected chi connectivity index (χ0v) is 12.9. The minimum Gasteiger partial charge on any atom is -0.368 e. The van der Waals surface area contributed by atoms with Crippen LogP contribution in [0.2, 0.25) is 0 Å². The molecule has 0 aliphatic carbocycles. The third kappa shape index (κ3) is 3.11. The molecular weight excluding hydrogens is 297 g/mol. The van der Waals surface area contributed by atoms with Crippen LogP contribution in [-0.2, 0) is 11.8 Å². The maximum atomic E-state index is 13.0. The number of hydrogen-bond donors (Lipinski definition) is 0. The summed E-state index contributed by atoms with van der Waals surface area (Å²) >= 11 is 0. The van der Waals surface area contributed by atoms with E-state index in [1.165, 1.54) is 12.1 Å². The largest absolute Gasteiger partial charge is 0.368 e. The van der Waals surface area contributed by atoms with E-state index in [-0.39, 0.29) is 5.82 Å². The normalized spacial score (nSPS) is 14.9. The average Bonchev–Trinajstić information content (AvgIpc) is 3.00. The smallest absolute Gasteiger partial charge is 0.296 e. The summed E-state index contributed by atoms with van der Waals surface area (Å²) < 4.78 is 14.6. The zero-order chi connectivity index (χ0) is 16.4. The number of ketones is 1. The Balaban J connectivity index is 1.62. The molecule has 1 aliphatic rings. The van der Waals surface area contributed by atoms with Gasteiger partial charge in [0.25, 0.3) is 11.7 Å². The summed E-state index contributed by atoms with van der Waals surface area (Å²) in [5.74, 6) is -1.21. The van der Waals surface area contributed by atoms with Crippen molar-refractivity contribution in [3.05, 3.63) is 54.1 Å². The van der Waals surface area contributed by atoms with E-state index in [0.29, 0.717) is 31.9 Å². The molecule has 3 rings (SSSR count). The molecule has 120 valence electrons. The molecule has 1 aromatic heterocycles. The number of Topliss-reactive ketones (excluding diaryl/α,β-unsaturated/α-hetero) is 1. The highest BCUT2D eigenvalue weighted by Crippen LogP contribution is 2.17. The van der Waals surface area contributed by atoms with Gasteiger partial charge in [0.05, 0.1) is 5.69 Å². The van der Waals surface area contributed by atoms with Crippen molar-refractivity contribution in [1.82, 2.24) is 9.47 Å². The summed E-state index contributed by atoms with van der Waals surface area (Å²) in [6.07, 6.45) is 1.74. The fourth-order valence-electron chi connectivity index (χ4n) is 2.77. The maximum absolute atomic E-state index is 13.0. The third-order valence-corrected chi connectivity index (χ3v) is 4.13. The number of hydrogen-bond acceptors (Lipinski definition) is 3. The number of nitrogens with zero attached hydrogens (tertiary/aromatic N) is 3. The van der Waals surface area contributed by atoms with Crippen LogP contribution in [0.1, 0.15) is 10.5 Å². The molecule has 2 aromatic rings. The summed E-state index contributed by atoms with van der Waals surface area (Å²) in [7, 11) is 1.74. The Hall–Kier alpha value is -2.63. The van der Waals surface area contributed by atoms with Crippen LogP contribution in [-0.4, -0.2) is 47.3 Å². The molecular formula is C17H18FN3O2. The monoisotopic (exact) mass is 315 g/mol. The van der Waals surface area contributed by atoms with E-state index < -0.39 is 11.7 Å². The molecule has 0 unspecified atom stereocenters. The van der Waals surface area contributed by atoms with Gasteiger partial charge in [0, 0.05) is 45.1 Å². The molecule has 1 aromatic carbocycles. The van der Waals surface area contributed by atoms with Crippen LogP contribution in [0.25, 0.3) is 0 Å². The van der Waals surface area contributed by atoms with Gasteiger partial charge < -0.3 is 14.4 Å². The molecule has 23 heavy (non-hydrogen) atoms. The van der Waals surface area contributed by atoms with Gasteiger partial charge in [-0.3, -0.25) is 9.59 Å². The maximum Gasteiger partial charge on any atom is 0.296 e. The van der Waals surface area contributed by atoms with Crippen LogP contribution in [0, 0.1) is 5.82 Å². The lowest BCUT2D eigenvalue weighted by Gasteiger charge is -2.35. The van der Waals surface area contributed by atoms with Crippen LogP contribution in [0.15, 0.2) is 42.6 Å². The number of aromatic nitrogens is 1. The number of halogens is 1. The lowest BCUT2D eigenvalue weighted by Crippen LogP contribution is -2.50. The molecule has 0 radical (unpaired) electrons. The number of rotatable bonds is 3. The second kappa shape index (κ2) is 6.24. The Morgan fingerprint density at radius 1 is 1.00 bits per heavy atom. The van der Waals surface area contributed by atoms with Crippen molar-refractivity contribution in [3.8, 4) is 0 Å². The molecule has 0 N–H and O–H groups in total. The number of anilines is 1. The standard InChI is InChI=1S/C17H18FN3O2/c1-19-8-2-3-15(19)16(22)17(23)21-11-9-20(10-12-21)14-6-4-13(18)5-7-14/h2-8H,9-12H2,1H3. The van der Waals surface area contributed by atoms with Crippen LogP contribution in [0.3, 0.4) is 0 Å². The van der Waals surface area contributed by atoms with Gasteiger partial charge in [0.2, 0.25) is 0 Å². The van der Waals surface area contributed by atoms with Crippen molar-refractivity contribution < 1.29 is 14.0 Å². The summed E-state index contributed by atoms with van der Waals surface area (Å²) in [4.78, 5) is 28.2. The number of piperazine rings is 1. The molecule has 1 amide bonds. The van der Waals surface area contributed by atoms with Gasteiger partial charge >= 0.3 is 0 Å². The van der Waals surface area contributed by atoms with Gasteiger partial charge in [0.15, 0.2) is 0 Å². The minimum absolute atomic E-state index is 0.268. The summed E-state index contributed by atoms with van der Waals surface area (Å²) in [6, 6.07) is 9.68. The highest BCUT2D eigenvalue weighted by molar-refractivity contribution is 6.42. The van der Waals surface area contributed by atoms with Crippen LogP contribution in [0.4, 0.5) is 10.1 Å². The van der Waals surface area contributed by atoms with Crippen LogP contribution >= 0.6 is 0 Å². The van der Waals surface area contributed by atoms with Gasteiger partial charge in [-0.25, -0.2) is 4.39 Å². The number of amides is 1. The van der Waals surface area contributed by atoms with E-state index in [4.69, 9.17) is 0 Å². The second-order valence-corrected chi connectivity index (χ2v) is 5.59. The van der Waals surface area contributed by atoms with E-state index in [9.17, 15) is 14.0 Å². The summed E-state index contributed by atoms with van der Waals surface area (Å²) in [5.41, 5.74) is 1.32. The Morgan fingerprint density at radius 2 is 1.65 bits per heavy atom. The quantitative estimate of drug-likeness (QED) is 0.640. The molecule has 0 atom stereocenters. The summed E-state index contributed by atoms with van der Waals surface area (Å²) in [5, 5.41) is 0. The van der Waals surface area contributed by atoms with Crippen molar-refractivity contribution >= 4 is 17.4 Å². The minimum atomic E-state index is -0.479. The Labute approximate surface area is 133 Å². The molecule has 0 saturated carbocycles. The number of carbonyl (C=O) groups excluding carboxylic acids is 2. The number of benzene rings is 1. The highest BCUT2D eigenvalue weighted by Gasteiger charge is 2.28. The van der Waals surface area contributed by atoms with Gasteiger partial charge in [-0.1, -0.05) is 0 Å². The van der Waals surface area contributed by atoms with E-state index >= 15 is 0 Å². The van der Waals surface area contributed by atoms with Gasteiger partial charge in [0.1, 0.15) is 5.82 Å².